The lowest BCUT2D eigenvalue weighted by atomic mass is 9.92. The Balaban J connectivity index is 1.52. The number of ether oxygens (including phenoxy) is 1. The zero-order valence-electron chi connectivity index (χ0n) is 22.6. The lowest BCUT2D eigenvalue weighted by Crippen LogP contribution is -2.35. The second-order valence-electron chi connectivity index (χ2n) is 10.3. The van der Waals surface area contributed by atoms with Crippen LogP contribution < -0.4 is 5.56 Å². The van der Waals surface area contributed by atoms with Gasteiger partial charge in [-0.05, 0) is 61.8 Å². The van der Waals surface area contributed by atoms with Crippen LogP contribution in [0.1, 0.15) is 73.3 Å². The molecule has 0 aliphatic heterocycles. The molecule has 1 aliphatic carbocycles. The van der Waals surface area contributed by atoms with E-state index >= 15 is 0 Å². The molecule has 8 nitrogen and oxygen atoms in total. The fraction of sp³-hybridized carbons (Fsp3) is 0.419. The van der Waals surface area contributed by atoms with Crippen LogP contribution in [0.3, 0.4) is 0 Å². The average Bonchev–Trinajstić information content (AvgIpc) is 3.35. The topological polar surface area (TPSA) is 105 Å². The number of hydrogen-bond donors (Lipinski definition) is 1. The highest BCUT2D eigenvalue weighted by molar-refractivity contribution is 5.70. The molecule has 5 rings (SSSR count). The second-order valence-corrected chi connectivity index (χ2v) is 10.3. The van der Waals surface area contributed by atoms with Gasteiger partial charge >= 0.3 is 0 Å². The SMILES string of the molecule is CCCc1c(Cc2ccc(-c3ccccc3C#N)cc2)c(=O)n(C2CCC(OCCO)CC2)c2nc(C)nn12. The molecule has 4 aromatic rings. The van der Waals surface area contributed by atoms with Crippen molar-refractivity contribution in [1.29, 1.82) is 5.26 Å². The van der Waals surface area contributed by atoms with Gasteiger partial charge in [0, 0.05) is 18.0 Å². The van der Waals surface area contributed by atoms with Crippen LogP contribution in [0.25, 0.3) is 16.9 Å². The average molecular weight is 526 g/mol. The summed E-state index contributed by atoms with van der Waals surface area (Å²) < 4.78 is 9.52. The van der Waals surface area contributed by atoms with Crippen LogP contribution >= 0.6 is 0 Å². The molecular formula is C31H35N5O3. The van der Waals surface area contributed by atoms with Crippen molar-refractivity contribution < 1.29 is 9.84 Å². The van der Waals surface area contributed by atoms with Gasteiger partial charge in [-0.2, -0.15) is 15.3 Å². The minimum atomic E-state index is 0.0111. The molecule has 0 unspecified atom stereocenters. The third-order valence-corrected chi connectivity index (χ3v) is 7.63. The van der Waals surface area contributed by atoms with Gasteiger partial charge in [0.25, 0.3) is 5.56 Å². The molecule has 0 amide bonds. The summed E-state index contributed by atoms with van der Waals surface area (Å²) in [7, 11) is 0. The Morgan fingerprint density at radius 1 is 1.10 bits per heavy atom. The van der Waals surface area contributed by atoms with E-state index in [1.165, 1.54) is 0 Å². The molecule has 1 fully saturated rings. The Kier molecular flexibility index (Phi) is 8.20. The molecule has 39 heavy (non-hydrogen) atoms. The molecule has 1 N–H and O–H groups in total. The highest BCUT2D eigenvalue weighted by atomic mass is 16.5. The van der Waals surface area contributed by atoms with Crippen LogP contribution in [0, 0.1) is 18.3 Å². The molecule has 2 aromatic carbocycles. The van der Waals surface area contributed by atoms with Crippen LogP contribution in [0.15, 0.2) is 53.3 Å². The molecule has 1 aliphatic rings. The summed E-state index contributed by atoms with van der Waals surface area (Å²) >= 11 is 0. The van der Waals surface area contributed by atoms with Crippen molar-refractivity contribution in [2.24, 2.45) is 0 Å². The number of nitriles is 1. The summed E-state index contributed by atoms with van der Waals surface area (Å²) in [6.45, 7) is 4.35. The Hall–Kier alpha value is -3.80. The van der Waals surface area contributed by atoms with E-state index in [1.807, 2.05) is 64.5 Å². The number of hydrogen-bond acceptors (Lipinski definition) is 6. The molecule has 0 spiro atoms. The smallest absolute Gasteiger partial charge is 0.259 e. The van der Waals surface area contributed by atoms with Crippen molar-refractivity contribution in [3.05, 3.63) is 87.1 Å². The molecule has 0 saturated heterocycles. The van der Waals surface area contributed by atoms with Gasteiger partial charge in [-0.25, -0.2) is 4.52 Å². The summed E-state index contributed by atoms with van der Waals surface area (Å²) in [6.07, 6.45) is 5.55. The lowest BCUT2D eigenvalue weighted by molar-refractivity contribution is 0.00158. The first-order chi connectivity index (χ1) is 19.0. The third kappa shape index (κ3) is 5.51. The van der Waals surface area contributed by atoms with E-state index in [2.05, 4.69) is 13.0 Å². The van der Waals surface area contributed by atoms with Gasteiger partial charge < -0.3 is 9.84 Å². The number of fused-ring (bicyclic) bond motifs is 1. The molecule has 1 saturated carbocycles. The van der Waals surface area contributed by atoms with Crippen molar-refractivity contribution >= 4 is 5.78 Å². The Bertz CT molecular complexity index is 1540. The first kappa shape index (κ1) is 26.8. The fourth-order valence-electron chi connectivity index (χ4n) is 5.76. The number of aryl methyl sites for hydroxylation is 2. The predicted molar refractivity (Wildman–Crippen MR) is 150 cm³/mol. The van der Waals surface area contributed by atoms with Crippen LogP contribution in [-0.4, -0.2) is 43.6 Å². The molecule has 2 heterocycles. The minimum absolute atomic E-state index is 0.0111. The lowest BCUT2D eigenvalue weighted by Gasteiger charge is -2.30. The van der Waals surface area contributed by atoms with E-state index in [1.54, 1.807) is 0 Å². The summed E-state index contributed by atoms with van der Waals surface area (Å²) in [5.41, 5.74) is 5.25. The number of aliphatic hydroxyl groups is 1. The van der Waals surface area contributed by atoms with Gasteiger partial charge in [-0.1, -0.05) is 55.8 Å². The van der Waals surface area contributed by atoms with Crippen molar-refractivity contribution in [3.63, 3.8) is 0 Å². The molecule has 0 radical (unpaired) electrons. The molecule has 0 atom stereocenters. The van der Waals surface area contributed by atoms with E-state index in [-0.39, 0.29) is 24.3 Å². The van der Waals surface area contributed by atoms with E-state index in [0.29, 0.717) is 30.2 Å². The van der Waals surface area contributed by atoms with Crippen LogP contribution in [-0.2, 0) is 17.6 Å². The van der Waals surface area contributed by atoms with E-state index < -0.39 is 0 Å². The number of rotatable bonds is 9. The maximum Gasteiger partial charge on any atom is 0.259 e. The number of aliphatic hydroxyl groups excluding tert-OH is 1. The quantitative estimate of drug-likeness (QED) is 0.337. The minimum Gasteiger partial charge on any atom is -0.394 e. The number of nitrogens with zero attached hydrogens (tertiary/aromatic N) is 5. The summed E-state index contributed by atoms with van der Waals surface area (Å²) in [5.74, 6) is 1.27. The summed E-state index contributed by atoms with van der Waals surface area (Å²) in [5, 5.41) is 23.3. The summed E-state index contributed by atoms with van der Waals surface area (Å²) in [4.78, 5) is 18.9. The Labute approximate surface area is 228 Å². The van der Waals surface area contributed by atoms with E-state index in [0.717, 1.165) is 66.5 Å². The van der Waals surface area contributed by atoms with Gasteiger partial charge in [0.15, 0.2) is 0 Å². The zero-order valence-corrected chi connectivity index (χ0v) is 22.6. The van der Waals surface area contributed by atoms with Crippen LogP contribution in [0.5, 0.6) is 0 Å². The van der Waals surface area contributed by atoms with Crippen molar-refractivity contribution in [2.75, 3.05) is 13.2 Å². The van der Waals surface area contributed by atoms with Gasteiger partial charge in [0.2, 0.25) is 5.78 Å². The monoisotopic (exact) mass is 525 g/mol. The van der Waals surface area contributed by atoms with Gasteiger partial charge in [0.1, 0.15) is 5.82 Å². The van der Waals surface area contributed by atoms with Crippen molar-refractivity contribution in [1.82, 2.24) is 19.2 Å². The maximum atomic E-state index is 14.2. The molecule has 2 aromatic heterocycles. The first-order valence-electron chi connectivity index (χ1n) is 13.8. The second kappa shape index (κ2) is 11.9. The van der Waals surface area contributed by atoms with Gasteiger partial charge in [-0.3, -0.25) is 9.36 Å². The van der Waals surface area contributed by atoms with Crippen molar-refractivity contribution in [2.45, 2.75) is 70.9 Å². The maximum absolute atomic E-state index is 14.2. The summed E-state index contributed by atoms with van der Waals surface area (Å²) in [6, 6.07) is 18.0. The van der Waals surface area contributed by atoms with E-state index in [9.17, 15) is 10.1 Å². The zero-order chi connectivity index (χ0) is 27.4. The molecule has 202 valence electrons. The fourth-order valence-corrected chi connectivity index (χ4v) is 5.76. The largest absolute Gasteiger partial charge is 0.394 e. The predicted octanol–water partition coefficient (Wildman–Crippen LogP) is 4.77. The standard InChI is InChI=1S/C31H35N5O3/c1-3-6-29-28(19-22-9-11-23(12-10-22)27-8-5-4-7-24(27)20-32)30(38)35(31-33-21(2)34-36(29)31)25-13-15-26(16-14-25)39-18-17-37/h4-5,7-12,25-26,37H,3,6,13-19H2,1-2H3. The Morgan fingerprint density at radius 3 is 2.54 bits per heavy atom. The van der Waals surface area contributed by atoms with Crippen molar-refractivity contribution in [3.8, 4) is 17.2 Å². The number of benzene rings is 2. The third-order valence-electron chi connectivity index (χ3n) is 7.63. The van der Waals surface area contributed by atoms with Gasteiger partial charge in [0.05, 0.1) is 36.6 Å². The highest BCUT2D eigenvalue weighted by Crippen LogP contribution is 2.31. The highest BCUT2D eigenvalue weighted by Gasteiger charge is 2.28. The number of aromatic nitrogens is 4. The van der Waals surface area contributed by atoms with E-state index in [4.69, 9.17) is 19.9 Å². The molecule has 0 bridgehead atoms. The first-order valence-corrected chi connectivity index (χ1v) is 13.8. The Morgan fingerprint density at radius 2 is 1.85 bits per heavy atom. The molecular weight excluding hydrogens is 490 g/mol. The van der Waals surface area contributed by atoms with Crippen LogP contribution in [0.2, 0.25) is 0 Å². The normalized spacial score (nSPS) is 17.4. The van der Waals surface area contributed by atoms with Gasteiger partial charge in [-0.15, -0.1) is 0 Å². The van der Waals surface area contributed by atoms with Crippen LogP contribution in [0.4, 0.5) is 0 Å². The molecule has 8 heteroatoms.